The number of hydrogen-bond acceptors (Lipinski definition) is 3. The van der Waals surface area contributed by atoms with Gasteiger partial charge in [-0.15, -0.1) is 0 Å². The van der Waals surface area contributed by atoms with Crippen molar-refractivity contribution < 1.29 is 4.79 Å². The summed E-state index contributed by atoms with van der Waals surface area (Å²) in [5.41, 5.74) is 3.68. The van der Waals surface area contributed by atoms with Gasteiger partial charge in [-0.05, 0) is 30.5 Å². The predicted octanol–water partition coefficient (Wildman–Crippen LogP) is 4.61. The first-order chi connectivity index (χ1) is 13.8. The minimum atomic E-state index is -0.129. The lowest BCUT2D eigenvalue weighted by Crippen LogP contribution is -2.17. The molecule has 4 aromatic rings. The van der Waals surface area contributed by atoms with Crippen LogP contribution in [0.25, 0.3) is 10.9 Å². The van der Waals surface area contributed by atoms with Gasteiger partial charge in [0.25, 0.3) is 5.91 Å². The molecule has 5 nitrogen and oxygen atoms in total. The smallest absolute Gasteiger partial charge is 0.257 e. The van der Waals surface area contributed by atoms with Gasteiger partial charge in [-0.25, -0.2) is 4.68 Å². The average Bonchev–Trinajstić information content (AvgIpc) is 3.50. The molecule has 2 heterocycles. The van der Waals surface area contributed by atoms with Crippen molar-refractivity contribution in [2.75, 3.05) is 5.32 Å². The number of carbonyl (C=O) groups is 1. The van der Waals surface area contributed by atoms with Gasteiger partial charge >= 0.3 is 0 Å². The normalized spacial score (nSPS) is 13.6. The van der Waals surface area contributed by atoms with Gasteiger partial charge in [-0.1, -0.05) is 48.5 Å². The Hall–Kier alpha value is -3.47. The number of nitrogens with zero attached hydrogens (tertiary/aromatic N) is 3. The number of amides is 1. The first kappa shape index (κ1) is 16.7. The Balaban J connectivity index is 1.46. The van der Waals surface area contributed by atoms with E-state index in [-0.39, 0.29) is 5.91 Å². The number of nitrogens with one attached hydrogen (secondary N) is 1. The fraction of sp³-hybridized carbons (Fsp3) is 0.174. The van der Waals surface area contributed by atoms with Crippen LogP contribution in [0.3, 0.4) is 0 Å². The fourth-order valence-electron chi connectivity index (χ4n) is 3.48. The molecule has 2 aromatic heterocycles. The molecule has 1 aliphatic rings. The molecule has 138 valence electrons. The van der Waals surface area contributed by atoms with Crippen LogP contribution in [-0.2, 0) is 6.54 Å². The summed E-state index contributed by atoms with van der Waals surface area (Å²) in [5, 5.41) is 8.28. The lowest BCUT2D eigenvalue weighted by molar-refractivity contribution is 0.102. The summed E-state index contributed by atoms with van der Waals surface area (Å²) in [7, 11) is 0. The van der Waals surface area contributed by atoms with Crippen molar-refractivity contribution >= 4 is 22.6 Å². The minimum Gasteiger partial charge on any atom is -0.307 e. The molecule has 0 radical (unpaired) electrons. The molecule has 1 saturated carbocycles. The average molecular weight is 368 g/mol. The lowest BCUT2D eigenvalue weighted by atomic mass is 10.1. The van der Waals surface area contributed by atoms with Gasteiger partial charge in [-0.2, -0.15) is 5.10 Å². The van der Waals surface area contributed by atoms with Gasteiger partial charge in [0.05, 0.1) is 23.8 Å². The molecular weight excluding hydrogens is 348 g/mol. The largest absolute Gasteiger partial charge is 0.307 e. The Bertz CT molecular complexity index is 1150. The molecule has 1 N–H and O–H groups in total. The van der Waals surface area contributed by atoms with E-state index in [2.05, 4.69) is 10.4 Å². The maximum absolute atomic E-state index is 13.1. The van der Waals surface area contributed by atoms with Crippen LogP contribution in [0.1, 0.15) is 40.4 Å². The zero-order chi connectivity index (χ0) is 18.9. The summed E-state index contributed by atoms with van der Waals surface area (Å²) >= 11 is 0. The van der Waals surface area contributed by atoms with Crippen LogP contribution in [0.4, 0.5) is 5.82 Å². The van der Waals surface area contributed by atoms with Gasteiger partial charge in [0, 0.05) is 23.1 Å². The third kappa shape index (κ3) is 3.27. The second-order valence-corrected chi connectivity index (χ2v) is 7.20. The van der Waals surface area contributed by atoms with Crippen LogP contribution in [-0.4, -0.2) is 20.7 Å². The molecule has 1 fully saturated rings. The molecule has 2 aromatic carbocycles. The van der Waals surface area contributed by atoms with Crippen molar-refractivity contribution in [2.45, 2.75) is 25.3 Å². The number of para-hydroxylation sites is 1. The Morgan fingerprint density at radius 1 is 1.04 bits per heavy atom. The van der Waals surface area contributed by atoms with Crippen LogP contribution in [0, 0.1) is 0 Å². The Morgan fingerprint density at radius 3 is 2.64 bits per heavy atom. The minimum absolute atomic E-state index is 0.129. The predicted molar refractivity (Wildman–Crippen MR) is 109 cm³/mol. The second kappa shape index (κ2) is 6.93. The summed E-state index contributed by atoms with van der Waals surface area (Å²) in [6.45, 7) is 0.605. The van der Waals surface area contributed by atoms with Crippen LogP contribution in [0.2, 0.25) is 0 Å². The molecule has 0 bridgehead atoms. The summed E-state index contributed by atoms with van der Waals surface area (Å²) in [6.07, 6.45) is 4.01. The van der Waals surface area contributed by atoms with Crippen molar-refractivity contribution in [1.82, 2.24) is 14.8 Å². The van der Waals surface area contributed by atoms with E-state index in [0.717, 1.165) is 35.0 Å². The molecule has 5 heteroatoms. The first-order valence-corrected chi connectivity index (χ1v) is 9.55. The van der Waals surface area contributed by atoms with E-state index in [0.29, 0.717) is 23.8 Å². The molecule has 0 aliphatic heterocycles. The highest BCUT2D eigenvalue weighted by atomic mass is 16.1. The number of hydrogen-bond donors (Lipinski definition) is 1. The van der Waals surface area contributed by atoms with Crippen LogP contribution in [0.15, 0.2) is 72.9 Å². The summed E-state index contributed by atoms with van der Waals surface area (Å²) in [5.74, 6) is 1.04. The molecule has 0 saturated heterocycles. The van der Waals surface area contributed by atoms with Crippen molar-refractivity contribution in [3.8, 4) is 0 Å². The number of rotatable bonds is 5. The quantitative estimate of drug-likeness (QED) is 0.560. The molecule has 1 amide bonds. The number of benzene rings is 2. The Kier molecular flexibility index (Phi) is 4.13. The van der Waals surface area contributed by atoms with Gasteiger partial charge in [0.15, 0.2) is 0 Å². The Morgan fingerprint density at radius 2 is 1.82 bits per heavy atom. The van der Waals surface area contributed by atoms with Gasteiger partial charge in [0.2, 0.25) is 0 Å². The van der Waals surface area contributed by atoms with Crippen molar-refractivity contribution in [3.05, 3.63) is 89.7 Å². The van der Waals surface area contributed by atoms with E-state index in [1.54, 1.807) is 10.9 Å². The zero-order valence-electron chi connectivity index (χ0n) is 15.4. The van der Waals surface area contributed by atoms with Crippen LogP contribution < -0.4 is 5.32 Å². The SMILES string of the molecule is O=C(Nc1ccnn1Cc1ccccc1)c1cc(C2CC2)nc2ccccc12. The van der Waals surface area contributed by atoms with E-state index < -0.39 is 0 Å². The highest BCUT2D eigenvalue weighted by Crippen LogP contribution is 2.40. The van der Waals surface area contributed by atoms with E-state index in [1.165, 1.54) is 0 Å². The molecule has 1 aliphatic carbocycles. The van der Waals surface area contributed by atoms with E-state index in [4.69, 9.17) is 4.98 Å². The monoisotopic (exact) mass is 368 g/mol. The van der Waals surface area contributed by atoms with E-state index in [1.807, 2.05) is 66.7 Å². The zero-order valence-corrected chi connectivity index (χ0v) is 15.4. The molecule has 0 unspecified atom stereocenters. The van der Waals surface area contributed by atoms with Gasteiger partial charge in [0.1, 0.15) is 5.82 Å². The molecule has 0 spiro atoms. The van der Waals surface area contributed by atoms with Crippen molar-refractivity contribution in [2.24, 2.45) is 0 Å². The summed E-state index contributed by atoms with van der Waals surface area (Å²) < 4.78 is 1.80. The third-order valence-electron chi connectivity index (χ3n) is 5.11. The van der Waals surface area contributed by atoms with Crippen LogP contribution >= 0.6 is 0 Å². The highest BCUT2D eigenvalue weighted by molar-refractivity contribution is 6.12. The molecule has 28 heavy (non-hydrogen) atoms. The number of aromatic nitrogens is 3. The fourth-order valence-corrected chi connectivity index (χ4v) is 3.48. The van der Waals surface area contributed by atoms with Gasteiger partial charge < -0.3 is 5.32 Å². The number of carbonyl (C=O) groups excluding carboxylic acids is 1. The number of fused-ring (bicyclic) bond motifs is 1. The second-order valence-electron chi connectivity index (χ2n) is 7.20. The topological polar surface area (TPSA) is 59.8 Å². The Labute approximate surface area is 163 Å². The number of pyridine rings is 1. The maximum Gasteiger partial charge on any atom is 0.257 e. The van der Waals surface area contributed by atoms with Crippen molar-refractivity contribution in [3.63, 3.8) is 0 Å². The molecular formula is C23H20N4O. The van der Waals surface area contributed by atoms with Crippen molar-refractivity contribution in [1.29, 1.82) is 0 Å². The van der Waals surface area contributed by atoms with E-state index in [9.17, 15) is 4.79 Å². The number of anilines is 1. The maximum atomic E-state index is 13.1. The standard InChI is InChI=1S/C23H20N4O/c28-23(26-22-12-13-24-27(22)15-16-6-2-1-3-7-16)19-14-21(17-10-11-17)25-20-9-5-4-8-18(19)20/h1-9,12-14,17H,10-11,15H2,(H,26,28). The summed E-state index contributed by atoms with van der Waals surface area (Å²) in [6, 6.07) is 21.7. The van der Waals surface area contributed by atoms with E-state index >= 15 is 0 Å². The lowest BCUT2D eigenvalue weighted by Gasteiger charge is -2.12. The van der Waals surface area contributed by atoms with Crippen LogP contribution in [0.5, 0.6) is 0 Å². The molecule has 5 rings (SSSR count). The first-order valence-electron chi connectivity index (χ1n) is 9.55. The summed E-state index contributed by atoms with van der Waals surface area (Å²) in [4.78, 5) is 17.9. The molecule has 0 atom stereocenters. The third-order valence-corrected chi connectivity index (χ3v) is 5.11. The highest BCUT2D eigenvalue weighted by Gasteiger charge is 2.27. The van der Waals surface area contributed by atoms with Gasteiger partial charge in [-0.3, -0.25) is 9.78 Å².